The van der Waals surface area contributed by atoms with Crippen LogP contribution in [0.15, 0.2) is 42.7 Å². The molecule has 0 unspecified atom stereocenters. The first kappa shape index (κ1) is 14.5. The molecule has 0 saturated heterocycles. The lowest BCUT2D eigenvalue weighted by molar-refractivity contribution is 0.0693. The number of fused-ring (bicyclic) bond motifs is 1. The molecule has 2 aromatic heterocycles. The molecule has 8 heteroatoms. The summed E-state index contributed by atoms with van der Waals surface area (Å²) in [5.74, 6) is -1.39. The van der Waals surface area contributed by atoms with E-state index in [0.29, 0.717) is 11.3 Å². The van der Waals surface area contributed by atoms with Crippen molar-refractivity contribution in [2.45, 2.75) is 0 Å². The Bertz CT molecular complexity index is 870. The van der Waals surface area contributed by atoms with Crippen molar-refractivity contribution in [3.05, 3.63) is 54.0 Å². The monoisotopic (exact) mass is 312 g/mol. The number of carbonyl (C=O) groups is 2. The molecule has 8 nitrogen and oxygen atoms in total. The second kappa shape index (κ2) is 5.76. The number of nitrogens with one attached hydrogen (secondary N) is 1. The van der Waals surface area contributed by atoms with Crippen molar-refractivity contribution in [1.29, 1.82) is 0 Å². The molecule has 3 aromatic rings. The zero-order valence-corrected chi connectivity index (χ0v) is 12.1. The Kier molecular flexibility index (Phi) is 3.63. The molecule has 0 aliphatic rings. The normalized spacial score (nSPS) is 10.5. The van der Waals surface area contributed by atoms with Gasteiger partial charge in [0.25, 0.3) is 5.91 Å². The van der Waals surface area contributed by atoms with Crippen LogP contribution in [0.25, 0.3) is 5.65 Å². The second-order valence-corrected chi connectivity index (χ2v) is 4.63. The van der Waals surface area contributed by atoms with Crippen LogP contribution < -0.4 is 10.1 Å². The molecule has 0 spiro atoms. The summed E-state index contributed by atoms with van der Waals surface area (Å²) < 4.78 is 6.45. The minimum absolute atomic E-state index is 0.0398. The molecule has 23 heavy (non-hydrogen) atoms. The van der Waals surface area contributed by atoms with Gasteiger partial charge in [0.05, 0.1) is 13.3 Å². The number of hydrogen-bond donors (Lipinski definition) is 2. The molecule has 0 saturated carbocycles. The summed E-state index contributed by atoms with van der Waals surface area (Å²) >= 11 is 0. The number of carboxylic acid groups (broad SMARTS) is 1. The van der Waals surface area contributed by atoms with E-state index in [9.17, 15) is 9.59 Å². The zero-order valence-electron chi connectivity index (χ0n) is 12.1. The number of amides is 1. The number of ether oxygens (including phenoxy) is 1. The summed E-state index contributed by atoms with van der Waals surface area (Å²) in [4.78, 5) is 27.6. The van der Waals surface area contributed by atoms with Crippen LogP contribution in [0.4, 0.5) is 5.69 Å². The molecule has 2 heterocycles. The van der Waals surface area contributed by atoms with Gasteiger partial charge in [0.15, 0.2) is 5.65 Å². The summed E-state index contributed by atoms with van der Waals surface area (Å²) in [6, 6.07) is 7.79. The van der Waals surface area contributed by atoms with E-state index in [-0.39, 0.29) is 17.0 Å². The van der Waals surface area contributed by atoms with Crippen LogP contribution >= 0.6 is 0 Å². The van der Waals surface area contributed by atoms with Crippen molar-refractivity contribution < 1.29 is 19.4 Å². The van der Waals surface area contributed by atoms with Gasteiger partial charge in [0.2, 0.25) is 0 Å². The SMILES string of the molecule is COc1ccc(NC(=O)c2cn3ncccc3n2)cc1C(=O)O. The summed E-state index contributed by atoms with van der Waals surface area (Å²) in [6.45, 7) is 0. The fourth-order valence-corrected chi connectivity index (χ4v) is 2.09. The number of nitrogens with zero attached hydrogens (tertiary/aromatic N) is 3. The first-order valence-corrected chi connectivity index (χ1v) is 6.61. The lowest BCUT2D eigenvalue weighted by atomic mass is 10.1. The maximum Gasteiger partial charge on any atom is 0.339 e. The van der Waals surface area contributed by atoms with E-state index in [0.717, 1.165) is 0 Å². The van der Waals surface area contributed by atoms with E-state index < -0.39 is 11.9 Å². The van der Waals surface area contributed by atoms with Crippen molar-refractivity contribution in [2.75, 3.05) is 12.4 Å². The topological polar surface area (TPSA) is 106 Å². The van der Waals surface area contributed by atoms with Crippen LogP contribution in [0.5, 0.6) is 5.75 Å². The van der Waals surface area contributed by atoms with Crippen LogP contribution in [0.3, 0.4) is 0 Å². The Hall–Kier alpha value is -3.42. The van der Waals surface area contributed by atoms with E-state index in [1.54, 1.807) is 24.4 Å². The van der Waals surface area contributed by atoms with Gasteiger partial charge in [-0.15, -0.1) is 0 Å². The average molecular weight is 312 g/mol. The van der Waals surface area contributed by atoms with Crippen molar-refractivity contribution in [3.63, 3.8) is 0 Å². The van der Waals surface area contributed by atoms with Crippen molar-refractivity contribution in [1.82, 2.24) is 14.6 Å². The van der Waals surface area contributed by atoms with Crippen LogP contribution in [0.2, 0.25) is 0 Å². The highest BCUT2D eigenvalue weighted by atomic mass is 16.5. The van der Waals surface area contributed by atoms with Gasteiger partial charge in [-0.25, -0.2) is 14.3 Å². The van der Waals surface area contributed by atoms with Crippen LogP contribution in [0.1, 0.15) is 20.8 Å². The molecule has 1 amide bonds. The first-order chi connectivity index (χ1) is 11.1. The Morgan fingerprint density at radius 3 is 2.83 bits per heavy atom. The van der Waals surface area contributed by atoms with Crippen LogP contribution in [-0.2, 0) is 0 Å². The van der Waals surface area contributed by atoms with Gasteiger partial charge >= 0.3 is 5.97 Å². The van der Waals surface area contributed by atoms with Gasteiger partial charge in [0.1, 0.15) is 17.0 Å². The Morgan fingerprint density at radius 2 is 2.13 bits per heavy atom. The maximum atomic E-state index is 12.2. The predicted octanol–water partition coefficient (Wildman–Crippen LogP) is 1.69. The highest BCUT2D eigenvalue weighted by molar-refractivity contribution is 6.04. The van der Waals surface area contributed by atoms with Gasteiger partial charge < -0.3 is 15.2 Å². The molecule has 0 aliphatic carbocycles. The lowest BCUT2D eigenvalue weighted by Crippen LogP contribution is -2.13. The molecule has 0 radical (unpaired) electrons. The van der Waals surface area contributed by atoms with Crippen molar-refractivity contribution in [2.24, 2.45) is 0 Å². The molecular weight excluding hydrogens is 300 g/mol. The molecule has 2 N–H and O–H groups in total. The number of aromatic carboxylic acids is 1. The van der Waals surface area contributed by atoms with E-state index in [4.69, 9.17) is 9.84 Å². The third-order valence-corrected chi connectivity index (χ3v) is 3.16. The number of carbonyl (C=O) groups excluding carboxylic acids is 1. The van der Waals surface area contributed by atoms with Gasteiger partial charge in [-0.3, -0.25) is 4.79 Å². The van der Waals surface area contributed by atoms with Crippen LogP contribution in [0, 0.1) is 0 Å². The zero-order chi connectivity index (χ0) is 16.4. The van der Waals surface area contributed by atoms with Crippen molar-refractivity contribution in [3.8, 4) is 5.75 Å². The van der Waals surface area contributed by atoms with Crippen LogP contribution in [-0.4, -0.2) is 38.7 Å². The third kappa shape index (κ3) is 2.82. The predicted molar refractivity (Wildman–Crippen MR) is 80.9 cm³/mol. The Morgan fingerprint density at radius 1 is 1.30 bits per heavy atom. The van der Waals surface area contributed by atoms with Crippen molar-refractivity contribution >= 4 is 23.2 Å². The number of hydrogen-bond acceptors (Lipinski definition) is 5. The molecule has 3 rings (SSSR count). The maximum absolute atomic E-state index is 12.2. The highest BCUT2D eigenvalue weighted by Crippen LogP contribution is 2.23. The fourth-order valence-electron chi connectivity index (χ4n) is 2.09. The molecule has 0 aliphatic heterocycles. The number of rotatable bonds is 4. The standard InChI is InChI=1S/C15H12N4O4/c1-23-12-5-4-9(7-10(12)15(21)22)17-14(20)11-8-19-13(18-11)3-2-6-16-19/h2-8H,1H3,(H,17,20)(H,21,22). The summed E-state index contributed by atoms with van der Waals surface area (Å²) in [6.07, 6.45) is 3.07. The van der Waals surface area contributed by atoms with Gasteiger partial charge in [0, 0.05) is 11.9 Å². The number of carboxylic acids is 1. The summed E-state index contributed by atoms with van der Waals surface area (Å²) in [5, 5.41) is 15.8. The molecule has 116 valence electrons. The number of anilines is 1. The minimum atomic E-state index is -1.14. The number of imidazole rings is 1. The quantitative estimate of drug-likeness (QED) is 0.759. The summed E-state index contributed by atoms with van der Waals surface area (Å²) in [7, 11) is 1.38. The van der Waals surface area contributed by atoms with Gasteiger partial charge in [-0.2, -0.15) is 5.10 Å². The molecular formula is C15H12N4O4. The molecule has 1 aromatic carbocycles. The highest BCUT2D eigenvalue weighted by Gasteiger charge is 2.15. The second-order valence-electron chi connectivity index (χ2n) is 4.63. The molecule has 0 bridgehead atoms. The van der Waals surface area contributed by atoms with E-state index in [1.165, 1.54) is 30.0 Å². The van der Waals surface area contributed by atoms with E-state index in [1.807, 2.05) is 0 Å². The first-order valence-electron chi connectivity index (χ1n) is 6.61. The Balaban J connectivity index is 1.87. The minimum Gasteiger partial charge on any atom is -0.496 e. The molecule has 0 fully saturated rings. The fraction of sp³-hybridized carbons (Fsp3) is 0.0667. The molecule has 0 atom stereocenters. The average Bonchev–Trinajstić information content (AvgIpc) is 2.99. The summed E-state index contributed by atoms with van der Waals surface area (Å²) in [5.41, 5.74) is 1.01. The number of methoxy groups -OCH3 is 1. The largest absolute Gasteiger partial charge is 0.496 e. The number of benzene rings is 1. The van der Waals surface area contributed by atoms with E-state index in [2.05, 4.69) is 15.4 Å². The number of aromatic nitrogens is 3. The van der Waals surface area contributed by atoms with E-state index >= 15 is 0 Å². The smallest absolute Gasteiger partial charge is 0.339 e. The lowest BCUT2D eigenvalue weighted by Gasteiger charge is -2.08. The van der Waals surface area contributed by atoms with Gasteiger partial charge in [-0.1, -0.05) is 0 Å². The Labute approximate surface area is 130 Å². The third-order valence-electron chi connectivity index (χ3n) is 3.16. The van der Waals surface area contributed by atoms with Gasteiger partial charge in [-0.05, 0) is 30.3 Å².